The van der Waals surface area contributed by atoms with E-state index in [4.69, 9.17) is 9.47 Å². The molecule has 2 N–H and O–H groups in total. The number of hydrogen-bond acceptors (Lipinski definition) is 6. The fourth-order valence-corrected chi connectivity index (χ4v) is 6.71. The van der Waals surface area contributed by atoms with Gasteiger partial charge in [0.2, 0.25) is 0 Å². The largest absolute Gasteiger partial charge is 0.481 e. The Balaban J connectivity index is 1.44. The van der Waals surface area contributed by atoms with E-state index in [1.807, 2.05) is 49.4 Å². The van der Waals surface area contributed by atoms with Gasteiger partial charge in [0, 0.05) is 23.6 Å². The summed E-state index contributed by atoms with van der Waals surface area (Å²) in [4.78, 5) is 15.4. The maximum absolute atomic E-state index is 13.1. The standard InChI is InChI=1S/C27H29NO5/c1-16(17-6-4-3-5-7-17)25(30)32-20-10-11-27(31)21-14-18-8-9-19(15-29)23-22(18)26(27,24(20)33-23)12-13-28(21)2/h3-10,16,21,24,29,31H,11-15H2,1-2H3/t16-,21+,24?,26?,27+/m0/s1. The maximum atomic E-state index is 13.1. The SMILES string of the molecule is C[C@H](C(=O)OC1=CC[C@@]2(O)[C@H]3Cc4ccc(CO)c5c4C2(CCN3C)C1O5)c1ccccc1. The molecule has 0 amide bonds. The van der Waals surface area contributed by atoms with Crippen LogP contribution in [0.2, 0.25) is 0 Å². The zero-order chi connectivity index (χ0) is 23.0. The second-order valence-electron chi connectivity index (χ2n) is 9.95. The van der Waals surface area contributed by atoms with Crippen LogP contribution in [0.25, 0.3) is 0 Å². The molecule has 2 aromatic rings. The summed E-state index contributed by atoms with van der Waals surface area (Å²) in [5.41, 5.74) is 2.03. The molecule has 1 fully saturated rings. The van der Waals surface area contributed by atoms with Gasteiger partial charge in [-0.1, -0.05) is 42.5 Å². The summed E-state index contributed by atoms with van der Waals surface area (Å²) in [6.07, 6.45) is 3.07. The first-order valence-corrected chi connectivity index (χ1v) is 11.7. The highest BCUT2D eigenvalue weighted by atomic mass is 16.6. The predicted molar refractivity (Wildman–Crippen MR) is 122 cm³/mol. The van der Waals surface area contributed by atoms with E-state index in [1.165, 1.54) is 0 Å². The number of likely N-dealkylation sites (N-methyl/N-ethyl adjacent to an activating group) is 1. The minimum absolute atomic E-state index is 0.0486. The number of carbonyl (C=O) groups excluding carboxylic acids is 1. The first kappa shape index (κ1) is 20.9. The number of aliphatic hydroxyl groups excluding tert-OH is 1. The van der Waals surface area contributed by atoms with E-state index >= 15 is 0 Å². The minimum Gasteiger partial charge on any atom is -0.481 e. The van der Waals surface area contributed by atoms with E-state index in [0.717, 1.165) is 29.7 Å². The van der Waals surface area contributed by atoms with Gasteiger partial charge in [0.25, 0.3) is 0 Å². The highest BCUT2D eigenvalue weighted by molar-refractivity contribution is 5.79. The molecule has 2 aliphatic heterocycles. The van der Waals surface area contributed by atoms with E-state index in [1.54, 1.807) is 0 Å². The van der Waals surface area contributed by atoms with Crippen molar-refractivity contribution in [2.75, 3.05) is 13.6 Å². The summed E-state index contributed by atoms with van der Waals surface area (Å²) in [5.74, 6) is 0.371. The molecule has 6 nitrogen and oxygen atoms in total. The number of piperidine rings is 1. The van der Waals surface area contributed by atoms with Crippen molar-refractivity contribution in [3.05, 3.63) is 76.6 Å². The Morgan fingerprint density at radius 3 is 2.82 bits per heavy atom. The van der Waals surface area contributed by atoms with Crippen LogP contribution in [-0.2, 0) is 28.0 Å². The number of rotatable bonds is 4. The van der Waals surface area contributed by atoms with Crippen molar-refractivity contribution in [3.8, 4) is 5.75 Å². The lowest BCUT2D eigenvalue weighted by molar-refractivity contribution is -0.169. The molecule has 0 radical (unpaired) electrons. The number of esters is 1. The molecular weight excluding hydrogens is 418 g/mol. The van der Waals surface area contributed by atoms with Crippen LogP contribution in [0.5, 0.6) is 5.75 Å². The average molecular weight is 448 g/mol. The van der Waals surface area contributed by atoms with E-state index in [-0.39, 0.29) is 18.6 Å². The summed E-state index contributed by atoms with van der Waals surface area (Å²) < 4.78 is 12.5. The van der Waals surface area contributed by atoms with Crippen LogP contribution in [-0.4, -0.2) is 52.4 Å². The lowest BCUT2D eigenvalue weighted by Crippen LogP contribution is -2.74. The topological polar surface area (TPSA) is 79.2 Å². The molecular formula is C27H29NO5. The molecule has 0 saturated carbocycles. The quantitative estimate of drug-likeness (QED) is 0.702. The van der Waals surface area contributed by atoms with Gasteiger partial charge in [0.15, 0.2) is 6.10 Å². The van der Waals surface area contributed by atoms with E-state index in [9.17, 15) is 15.0 Å². The number of likely N-dealkylation sites (tertiary alicyclic amines) is 1. The van der Waals surface area contributed by atoms with Gasteiger partial charge in [-0.2, -0.15) is 0 Å². The third-order valence-corrected chi connectivity index (χ3v) is 8.50. The predicted octanol–water partition coefficient (Wildman–Crippen LogP) is 2.80. The van der Waals surface area contributed by atoms with Gasteiger partial charge in [-0.25, -0.2) is 0 Å². The minimum atomic E-state index is -1.03. The Morgan fingerprint density at radius 2 is 2.06 bits per heavy atom. The van der Waals surface area contributed by atoms with Gasteiger partial charge in [-0.05, 0) is 50.6 Å². The molecule has 172 valence electrons. The molecule has 6 heteroatoms. The molecule has 2 unspecified atom stereocenters. The smallest absolute Gasteiger partial charge is 0.318 e. The normalized spacial score (nSPS) is 32.4. The van der Waals surface area contributed by atoms with Crippen LogP contribution in [0.4, 0.5) is 0 Å². The Labute approximate surface area is 193 Å². The first-order chi connectivity index (χ1) is 15.9. The molecule has 6 rings (SSSR count). The van der Waals surface area contributed by atoms with Gasteiger partial charge in [0.1, 0.15) is 11.5 Å². The number of hydrogen-bond donors (Lipinski definition) is 2. The summed E-state index contributed by atoms with van der Waals surface area (Å²) >= 11 is 0. The Kier molecular flexibility index (Phi) is 4.54. The first-order valence-electron chi connectivity index (χ1n) is 11.7. The zero-order valence-corrected chi connectivity index (χ0v) is 19.0. The van der Waals surface area contributed by atoms with Crippen molar-refractivity contribution in [2.24, 2.45) is 0 Å². The summed E-state index contributed by atoms with van der Waals surface area (Å²) in [6.45, 7) is 2.52. The van der Waals surface area contributed by atoms with Crippen molar-refractivity contribution >= 4 is 5.97 Å². The van der Waals surface area contributed by atoms with Gasteiger partial charge < -0.3 is 24.6 Å². The van der Waals surface area contributed by atoms with Crippen molar-refractivity contribution in [3.63, 3.8) is 0 Å². The molecule has 1 saturated heterocycles. The van der Waals surface area contributed by atoms with Crippen molar-refractivity contribution < 1.29 is 24.5 Å². The molecule has 4 aliphatic rings. The number of nitrogens with zero attached hydrogens (tertiary/aromatic N) is 1. The average Bonchev–Trinajstić information content (AvgIpc) is 3.19. The summed E-state index contributed by atoms with van der Waals surface area (Å²) in [7, 11) is 2.06. The lowest BCUT2D eigenvalue weighted by Gasteiger charge is -2.61. The van der Waals surface area contributed by atoms with Crippen LogP contribution in [0.1, 0.15) is 47.9 Å². The fourth-order valence-electron chi connectivity index (χ4n) is 6.71. The molecule has 2 heterocycles. The number of benzene rings is 2. The fraction of sp³-hybridized carbons (Fsp3) is 0.444. The van der Waals surface area contributed by atoms with E-state index in [0.29, 0.717) is 29.9 Å². The number of carbonyl (C=O) groups is 1. The Hall–Kier alpha value is -2.67. The lowest BCUT2D eigenvalue weighted by atomic mass is 9.50. The van der Waals surface area contributed by atoms with Gasteiger partial charge in [-0.15, -0.1) is 0 Å². The zero-order valence-electron chi connectivity index (χ0n) is 19.0. The van der Waals surface area contributed by atoms with Gasteiger partial charge >= 0.3 is 5.97 Å². The maximum Gasteiger partial charge on any atom is 0.318 e. The number of aliphatic hydroxyl groups is 2. The van der Waals surface area contributed by atoms with Crippen molar-refractivity contribution in [1.82, 2.24) is 4.90 Å². The molecule has 2 aromatic carbocycles. The van der Waals surface area contributed by atoms with Gasteiger partial charge in [-0.3, -0.25) is 4.79 Å². The van der Waals surface area contributed by atoms with Crippen molar-refractivity contribution in [1.29, 1.82) is 0 Å². The summed E-state index contributed by atoms with van der Waals surface area (Å²) in [6, 6.07) is 13.5. The van der Waals surface area contributed by atoms with Crippen LogP contribution >= 0.6 is 0 Å². The highest BCUT2D eigenvalue weighted by Crippen LogP contribution is 2.64. The third-order valence-electron chi connectivity index (χ3n) is 8.50. The van der Waals surface area contributed by atoms with Crippen LogP contribution < -0.4 is 4.74 Å². The highest BCUT2D eigenvalue weighted by Gasteiger charge is 2.71. The van der Waals surface area contributed by atoms with Crippen molar-refractivity contribution in [2.45, 2.75) is 61.9 Å². The molecule has 1 spiro atoms. The second kappa shape index (κ2) is 7.16. The van der Waals surface area contributed by atoms with Crippen LogP contribution in [0, 0.1) is 0 Å². The van der Waals surface area contributed by atoms with Crippen LogP contribution in [0.3, 0.4) is 0 Å². The molecule has 33 heavy (non-hydrogen) atoms. The van der Waals surface area contributed by atoms with Gasteiger partial charge in [0.05, 0.1) is 23.5 Å². The molecule has 0 aromatic heterocycles. The second-order valence-corrected chi connectivity index (χ2v) is 9.95. The molecule has 2 bridgehead atoms. The van der Waals surface area contributed by atoms with E-state index < -0.39 is 23.0 Å². The Bertz CT molecular complexity index is 1160. The number of ether oxygens (including phenoxy) is 2. The summed E-state index contributed by atoms with van der Waals surface area (Å²) in [5, 5.41) is 22.2. The van der Waals surface area contributed by atoms with Crippen LogP contribution in [0.15, 0.2) is 54.3 Å². The monoisotopic (exact) mass is 447 g/mol. The molecule has 5 atom stereocenters. The molecule has 2 aliphatic carbocycles. The van der Waals surface area contributed by atoms with E-state index in [2.05, 4.69) is 18.0 Å². The Morgan fingerprint density at radius 1 is 1.27 bits per heavy atom. The third kappa shape index (κ3) is 2.63.